The lowest BCUT2D eigenvalue weighted by atomic mass is 9.92. The molecule has 1 atom stereocenters. The van der Waals surface area contributed by atoms with Gasteiger partial charge in [-0.05, 0) is 42.3 Å². The van der Waals surface area contributed by atoms with Crippen LogP contribution in [0.5, 0.6) is 0 Å². The Labute approximate surface area is 170 Å². The minimum Gasteiger partial charge on any atom is -0.350 e. The van der Waals surface area contributed by atoms with Gasteiger partial charge in [0.15, 0.2) is 0 Å². The number of hydrogen-bond acceptors (Lipinski definition) is 2. The molecular formula is C24H24N4O. The summed E-state index contributed by atoms with van der Waals surface area (Å²) in [5, 5.41) is 7.11. The van der Waals surface area contributed by atoms with Gasteiger partial charge in [-0.2, -0.15) is 0 Å². The minimum atomic E-state index is -0.219. The Hall–Kier alpha value is -3.60. The van der Waals surface area contributed by atoms with Crippen molar-refractivity contribution in [3.63, 3.8) is 0 Å². The topological polar surface area (TPSA) is 59.0 Å². The Morgan fingerprint density at radius 3 is 2.62 bits per heavy atom. The van der Waals surface area contributed by atoms with Crippen LogP contribution in [0.25, 0.3) is 10.9 Å². The van der Waals surface area contributed by atoms with Crippen LogP contribution in [0, 0.1) is 6.92 Å². The molecule has 0 aliphatic rings. The highest BCUT2D eigenvalue weighted by molar-refractivity contribution is 5.89. The van der Waals surface area contributed by atoms with Gasteiger partial charge in [-0.25, -0.2) is 4.79 Å². The average molecular weight is 384 g/mol. The van der Waals surface area contributed by atoms with E-state index in [2.05, 4.69) is 44.6 Å². The number of carbonyl (C=O) groups excluding carboxylic acids is 1. The third-order valence-electron chi connectivity index (χ3n) is 5.17. The molecule has 2 heterocycles. The van der Waals surface area contributed by atoms with Crippen LogP contribution in [0.2, 0.25) is 0 Å². The van der Waals surface area contributed by atoms with Crippen molar-refractivity contribution in [1.82, 2.24) is 14.9 Å². The molecule has 2 amide bonds. The predicted octanol–water partition coefficient (Wildman–Crippen LogP) is 4.84. The fraction of sp³-hybridized carbons (Fsp3) is 0.167. The normalized spacial score (nSPS) is 11.9. The number of anilines is 1. The van der Waals surface area contributed by atoms with Crippen LogP contribution in [0.3, 0.4) is 0 Å². The Morgan fingerprint density at radius 2 is 1.86 bits per heavy atom. The molecule has 0 aliphatic heterocycles. The Balaban J connectivity index is 1.58. The summed E-state index contributed by atoms with van der Waals surface area (Å²) >= 11 is 0. The molecule has 0 unspecified atom stereocenters. The van der Waals surface area contributed by atoms with Crippen molar-refractivity contribution in [3.8, 4) is 0 Å². The van der Waals surface area contributed by atoms with Crippen LogP contribution < -0.4 is 10.6 Å². The zero-order chi connectivity index (χ0) is 20.2. The average Bonchev–Trinajstić information content (AvgIpc) is 3.07. The van der Waals surface area contributed by atoms with Gasteiger partial charge in [0.1, 0.15) is 0 Å². The van der Waals surface area contributed by atoms with E-state index in [9.17, 15) is 4.79 Å². The van der Waals surface area contributed by atoms with E-state index in [0.717, 1.165) is 16.8 Å². The molecule has 0 fully saturated rings. The van der Waals surface area contributed by atoms with Gasteiger partial charge in [-0.1, -0.05) is 42.0 Å². The number of carbonyl (C=O) groups is 1. The summed E-state index contributed by atoms with van der Waals surface area (Å²) in [6.45, 7) is 2.49. The smallest absolute Gasteiger partial charge is 0.319 e. The Bertz CT molecular complexity index is 1120. The summed E-state index contributed by atoms with van der Waals surface area (Å²) in [4.78, 5) is 16.8. The molecule has 2 N–H and O–H groups in total. The molecule has 0 radical (unpaired) electrons. The molecule has 2 aromatic carbocycles. The Kier molecular flexibility index (Phi) is 5.29. The molecule has 0 bridgehead atoms. The fourth-order valence-corrected chi connectivity index (χ4v) is 3.65. The van der Waals surface area contributed by atoms with E-state index in [1.54, 1.807) is 6.20 Å². The number of benzene rings is 2. The molecule has 4 rings (SSSR count). The zero-order valence-electron chi connectivity index (χ0n) is 16.6. The van der Waals surface area contributed by atoms with E-state index in [1.807, 2.05) is 62.6 Å². The predicted molar refractivity (Wildman–Crippen MR) is 117 cm³/mol. The van der Waals surface area contributed by atoms with E-state index in [4.69, 9.17) is 0 Å². The standard InChI is InChI=1S/C24H24N4O/c1-17-9-11-19(12-10-17)27-24(29)26-15-21(18-6-5-13-25-14-18)22-16-28(2)23-8-4-3-7-20(22)23/h3-14,16,21H,15H2,1-2H3,(H2,26,27,29)/t21-/m0/s1. The number of aromatic nitrogens is 2. The first-order chi connectivity index (χ1) is 14.1. The highest BCUT2D eigenvalue weighted by Gasteiger charge is 2.20. The van der Waals surface area contributed by atoms with Crippen LogP contribution in [0.15, 0.2) is 79.3 Å². The molecule has 5 nitrogen and oxygen atoms in total. The van der Waals surface area contributed by atoms with Crippen LogP contribution in [0.4, 0.5) is 10.5 Å². The van der Waals surface area contributed by atoms with Gasteiger partial charge in [0, 0.05) is 54.7 Å². The maximum atomic E-state index is 12.5. The quantitative estimate of drug-likeness (QED) is 0.517. The van der Waals surface area contributed by atoms with E-state index in [-0.39, 0.29) is 11.9 Å². The number of pyridine rings is 1. The van der Waals surface area contributed by atoms with E-state index < -0.39 is 0 Å². The van der Waals surface area contributed by atoms with Crippen molar-refractivity contribution < 1.29 is 4.79 Å². The lowest BCUT2D eigenvalue weighted by Crippen LogP contribution is -2.32. The number of urea groups is 1. The maximum Gasteiger partial charge on any atom is 0.319 e. The first kappa shape index (κ1) is 18.7. The maximum absolute atomic E-state index is 12.5. The highest BCUT2D eigenvalue weighted by atomic mass is 16.2. The summed E-state index contributed by atoms with van der Waals surface area (Å²) in [6, 6.07) is 19.8. The first-order valence-electron chi connectivity index (χ1n) is 9.67. The van der Waals surface area contributed by atoms with Gasteiger partial charge in [0.2, 0.25) is 0 Å². The van der Waals surface area contributed by atoms with Gasteiger partial charge < -0.3 is 15.2 Å². The lowest BCUT2D eigenvalue weighted by molar-refractivity contribution is 0.252. The van der Waals surface area contributed by atoms with Crippen molar-refractivity contribution in [2.45, 2.75) is 12.8 Å². The summed E-state index contributed by atoms with van der Waals surface area (Å²) < 4.78 is 2.13. The molecule has 5 heteroatoms. The van der Waals surface area contributed by atoms with Crippen molar-refractivity contribution in [2.24, 2.45) is 7.05 Å². The van der Waals surface area contributed by atoms with E-state index >= 15 is 0 Å². The fourth-order valence-electron chi connectivity index (χ4n) is 3.65. The SMILES string of the molecule is Cc1ccc(NC(=O)NC[C@@H](c2cccnc2)c2cn(C)c3ccccc23)cc1. The molecule has 146 valence electrons. The summed E-state index contributed by atoms with van der Waals surface area (Å²) in [5.41, 5.74) is 5.34. The zero-order valence-corrected chi connectivity index (χ0v) is 16.6. The van der Waals surface area contributed by atoms with Crippen molar-refractivity contribution >= 4 is 22.6 Å². The number of fused-ring (bicyclic) bond motifs is 1. The molecule has 2 aromatic heterocycles. The van der Waals surface area contributed by atoms with Crippen molar-refractivity contribution in [3.05, 3.63) is 95.9 Å². The van der Waals surface area contributed by atoms with Crippen molar-refractivity contribution in [1.29, 1.82) is 0 Å². The summed E-state index contributed by atoms with van der Waals surface area (Å²) in [6.07, 6.45) is 5.77. The van der Waals surface area contributed by atoms with Crippen LogP contribution in [-0.2, 0) is 7.05 Å². The molecule has 4 aromatic rings. The molecule has 0 saturated carbocycles. The number of para-hydroxylation sites is 1. The number of rotatable bonds is 5. The van der Waals surface area contributed by atoms with Crippen LogP contribution >= 0.6 is 0 Å². The second-order valence-corrected chi connectivity index (χ2v) is 7.25. The second kappa shape index (κ2) is 8.19. The number of hydrogen-bond donors (Lipinski definition) is 2. The summed E-state index contributed by atoms with van der Waals surface area (Å²) in [5.74, 6) is -0.00133. The first-order valence-corrected chi connectivity index (χ1v) is 9.67. The summed E-state index contributed by atoms with van der Waals surface area (Å²) in [7, 11) is 2.05. The van der Waals surface area contributed by atoms with Gasteiger partial charge in [-0.15, -0.1) is 0 Å². The third kappa shape index (κ3) is 4.14. The van der Waals surface area contributed by atoms with Gasteiger partial charge in [0.25, 0.3) is 0 Å². The lowest BCUT2D eigenvalue weighted by Gasteiger charge is -2.18. The largest absolute Gasteiger partial charge is 0.350 e. The van der Waals surface area contributed by atoms with Gasteiger partial charge >= 0.3 is 6.03 Å². The monoisotopic (exact) mass is 384 g/mol. The highest BCUT2D eigenvalue weighted by Crippen LogP contribution is 2.31. The van der Waals surface area contributed by atoms with Crippen LogP contribution in [-0.4, -0.2) is 22.1 Å². The van der Waals surface area contributed by atoms with Gasteiger partial charge in [-0.3, -0.25) is 4.98 Å². The Morgan fingerprint density at radius 1 is 1.07 bits per heavy atom. The van der Waals surface area contributed by atoms with E-state index in [1.165, 1.54) is 16.5 Å². The third-order valence-corrected chi connectivity index (χ3v) is 5.17. The molecule has 0 spiro atoms. The molecular weight excluding hydrogens is 360 g/mol. The number of nitrogens with one attached hydrogen (secondary N) is 2. The molecule has 0 aliphatic carbocycles. The van der Waals surface area contributed by atoms with Gasteiger partial charge in [0.05, 0.1) is 0 Å². The minimum absolute atomic E-state index is 0.00133. The van der Waals surface area contributed by atoms with E-state index in [0.29, 0.717) is 6.54 Å². The number of nitrogens with zero attached hydrogens (tertiary/aromatic N) is 2. The van der Waals surface area contributed by atoms with Crippen LogP contribution in [0.1, 0.15) is 22.6 Å². The number of amides is 2. The second-order valence-electron chi connectivity index (χ2n) is 7.25. The molecule has 0 saturated heterocycles. The number of aryl methyl sites for hydroxylation is 2. The molecule has 29 heavy (non-hydrogen) atoms. The van der Waals surface area contributed by atoms with Crippen molar-refractivity contribution in [2.75, 3.05) is 11.9 Å².